The van der Waals surface area contributed by atoms with Crippen LogP contribution in [0.4, 0.5) is 0 Å². The van der Waals surface area contributed by atoms with Gasteiger partial charge in [0.25, 0.3) is 0 Å². The molecule has 19 heavy (non-hydrogen) atoms. The zero-order valence-corrected chi connectivity index (χ0v) is 10.6. The van der Waals surface area contributed by atoms with Gasteiger partial charge >= 0.3 is 0 Å². The minimum absolute atomic E-state index is 0.128. The first-order chi connectivity index (χ1) is 9.19. The van der Waals surface area contributed by atoms with Gasteiger partial charge in [-0.1, -0.05) is 12.2 Å². The number of hydrogen-bond acceptors (Lipinski definition) is 4. The number of hydrogen-bond donors (Lipinski definition) is 0. The van der Waals surface area contributed by atoms with Crippen LogP contribution in [0.15, 0.2) is 12.2 Å². The maximum atomic E-state index is 12.2. The van der Waals surface area contributed by atoms with E-state index < -0.39 is 5.92 Å². The first kappa shape index (κ1) is 13.3. The third kappa shape index (κ3) is 2.51. The highest BCUT2D eigenvalue weighted by molar-refractivity contribution is 6.05. The first-order valence-corrected chi connectivity index (χ1v) is 6.45. The number of nitrogens with zero attached hydrogens (tertiary/aromatic N) is 3. The van der Waals surface area contributed by atoms with Crippen molar-refractivity contribution >= 4 is 11.8 Å². The van der Waals surface area contributed by atoms with Crippen LogP contribution in [0, 0.1) is 40.4 Å². The minimum atomic E-state index is -0.444. The number of nitriles is 2. The van der Waals surface area contributed by atoms with Crippen molar-refractivity contribution in [3.63, 3.8) is 0 Å². The number of imide groups is 1. The average molecular weight is 257 g/mol. The van der Waals surface area contributed by atoms with Gasteiger partial charge in [-0.2, -0.15) is 10.5 Å². The number of carbonyl (C=O) groups excluding carboxylic acids is 2. The van der Waals surface area contributed by atoms with Gasteiger partial charge in [-0.25, -0.2) is 0 Å². The van der Waals surface area contributed by atoms with E-state index in [1.165, 1.54) is 4.90 Å². The maximum Gasteiger partial charge on any atom is 0.233 e. The normalized spacial score (nSPS) is 26.7. The molecule has 1 aliphatic carbocycles. The summed E-state index contributed by atoms with van der Waals surface area (Å²) in [6, 6.07) is 4.05. The molecule has 1 aliphatic heterocycles. The lowest BCUT2D eigenvalue weighted by Gasteiger charge is -2.17. The van der Waals surface area contributed by atoms with Gasteiger partial charge in [0.1, 0.15) is 0 Å². The van der Waals surface area contributed by atoms with E-state index in [4.69, 9.17) is 10.5 Å². The highest BCUT2D eigenvalue weighted by Crippen LogP contribution is 2.35. The van der Waals surface area contributed by atoms with Crippen molar-refractivity contribution in [2.75, 3.05) is 6.54 Å². The predicted octanol–water partition coefficient (Wildman–Crippen LogP) is 1.38. The van der Waals surface area contributed by atoms with Gasteiger partial charge in [-0.3, -0.25) is 14.5 Å². The summed E-state index contributed by atoms with van der Waals surface area (Å²) < 4.78 is 0. The summed E-state index contributed by atoms with van der Waals surface area (Å²) in [6.45, 7) is 0.128. The third-order valence-electron chi connectivity index (χ3n) is 3.79. The quantitative estimate of drug-likeness (QED) is 0.562. The molecular weight excluding hydrogens is 242 g/mol. The molecule has 0 saturated carbocycles. The third-order valence-corrected chi connectivity index (χ3v) is 3.79. The molecule has 2 aliphatic rings. The second-order valence-corrected chi connectivity index (χ2v) is 4.97. The van der Waals surface area contributed by atoms with E-state index in [2.05, 4.69) is 6.07 Å². The number of rotatable bonds is 4. The van der Waals surface area contributed by atoms with Crippen LogP contribution in [0.2, 0.25) is 0 Å². The van der Waals surface area contributed by atoms with Crippen LogP contribution in [0.25, 0.3) is 0 Å². The van der Waals surface area contributed by atoms with E-state index in [0.29, 0.717) is 19.3 Å². The van der Waals surface area contributed by atoms with Gasteiger partial charge in [0.2, 0.25) is 11.8 Å². The van der Waals surface area contributed by atoms with Crippen LogP contribution < -0.4 is 0 Å². The summed E-state index contributed by atoms with van der Waals surface area (Å²) in [6.07, 6.45) is 5.77. The highest BCUT2D eigenvalue weighted by Gasteiger charge is 2.47. The molecule has 3 unspecified atom stereocenters. The smallest absolute Gasteiger partial charge is 0.233 e. The minimum Gasteiger partial charge on any atom is -0.281 e. The lowest BCUT2D eigenvalue weighted by molar-refractivity contribution is -0.140. The number of allylic oxidation sites excluding steroid dienone is 2. The van der Waals surface area contributed by atoms with Gasteiger partial charge < -0.3 is 0 Å². The zero-order valence-electron chi connectivity index (χ0n) is 10.6. The molecule has 0 aromatic carbocycles. The van der Waals surface area contributed by atoms with Gasteiger partial charge in [-0.05, 0) is 19.3 Å². The summed E-state index contributed by atoms with van der Waals surface area (Å²) in [5.74, 6) is -1.24. The lowest BCUT2D eigenvalue weighted by atomic mass is 9.85. The van der Waals surface area contributed by atoms with Gasteiger partial charge in [0.15, 0.2) is 0 Å². The van der Waals surface area contributed by atoms with Crippen molar-refractivity contribution in [1.29, 1.82) is 10.5 Å². The molecule has 2 rings (SSSR count). The zero-order chi connectivity index (χ0) is 13.8. The lowest BCUT2D eigenvalue weighted by Crippen LogP contribution is -2.35. The van der Waals surface area contributed by atoms with Crippen molar-refractivity contribution in [3.8, 4) is 12.1 Å². The summed E-state index contributed by atoms with van der Waals surface area (Å²) in [5.41, 5.74) is 0. The Labute approximate surface area is 112 Å². The van der Waals surface area contributed by atoms with Crippen molar-refractivity contribution in [2.24, 2.45) is 17.8 Å². The Morgan fingerprint density at radius 2 is 1.79 bits per heavy atom. The summed E-state index contributed by atoms with van der Waals surface area (Å²) >= 11 is 0. The molecule has 0 aromatic rings. The van der Waals surface area contributed by atoms with Crippen LogP contribution in [-0.2, 0) is 9.59 Å². The van der Waals surface area contributed by atoms with Crippen LogP contribution in [0.1, 0.15) is 25.7 Å². The Morgan fingerprint density at radius 1 is 1.21 bits per heavy atom. The average Bonchev–Trinajstić information content (AvgIpc) is 2.68. The molecule has 2 amide bonds. The van der Waals surface area contributed by atoms with Crippen LogP contribution in [-0.4, -0.2) is 23.3 Å². The molecule has 0 bridgehead atoms. The summed E-state index contributed by atoms with van der Waals surface area (Å²) in [4.78, 5) is 25.6. The topological polar surface area (TPSA) is 85.0 Å². The Bertz CT molecular complexity index is 472. The molecule has 0 spiro atoms. The monoisotopic (exact) mass is 257 g/mol. The molecule has 1 fully saturated rings. The van der Waals surface area contributed by atoms with Gasteiger partial charge in [0.05, 0.1) is 29.9 Å². The van der Waals surface area contributed by atoms with Crippen molar-refractivity contribution < 1.29 is 9.59 Å². The second kappa shape index (κ2) is 5.67. The van der Waals surface area contributed by atoms with E-state index in [1.54, 1.807) is 0 Å². The second-order valence-electron chi connectivity index (χ2n) is 4.97. The molecule has 0 aromatic heterocycles. The van der Waals surface area contributed by atoms with Crippen molar-refractivity contribution in [2.45, 2.75) is 25.7 Å². The summed E-state index contributed by atoms with van der Waals surface area (Å²) in [5, 5.41) is 17.6. The predicted molar refractivity (Wildman–Crippen MR) is 66.0 cm³/mol. The number of fused-ring (bicyclic) bond motifs is 1. The van der Waals surface area contributed by atoms with Crippen LogP contribution in [0.5, 0.6) is 0 Å². The SMILES string of the molecule is N#CCCC(C#N)CN1C(=O)C2CC=CCC2C1=O. The molecule has 0 N–H and O–H groups in total. The molecule has 3 atom stereocenters. The fraction of sp³-hybridized carbons (Fsp3) is 0.571. The van der Waals surface area contributed by atoms with Gasteiger partial charge in [-0.15, -0.1) is 0 Å². The summed E-state index contributed by atoms with van der Waals surface area (Å²) in [7, 11) is 0. The van der Waals surface area contributed by atoms with E-state index in [-0.39, 0.29) is 36.6 Å². The van der Waals surface area contributed by atoms with Crippen LogP contribution in [0.3, 0.4) is 0 Å². The molecular formula is C14H15N3O2. The standard InChI is InChI=1S/C14H15N3O2/c15-7-3-4-10(8-16)9-17-13(18)11-5-1-2-6-12(11)14(17)19/h1-2,10-12H,3-6,9H2. The van der Waals surface area contributed by atoms with E-state index in [9.17, 15) is 9.59 Å². The molecule has 1 heterocycles. The fourth-order valence-electron chi connectivity index (χ4n) is 2.70. The molecule has 98 valence electrons. The molecule has 1 saturated heterocycles. The van der Waals surface area contributed by atoms with Crippen molar-refractivity contribution in [1.82, 2.24) is 4.90 Å². The van der Waals surface area contributed by atoms with Crippen molar-refractivity contribution in [3.05, 3.63) is 12.2 Å². The number of amides is 2. The molecule has 5 nitrogen and oxygen atoms in total. The Hall–Kier alpha value is -2.14. The van der Waals surface area contributed by atoms with E-state index in [0.717, 1.165) is 0 Å². The maximum absolute atomic E-state index is 12.2. The Balaban J connectivity index is 2.05. The first-order valence-electron chi connectivity index (χ1n) is 6.45. The fourth-order valence-corrected chi connectivity index (χ4v) is 2.70. The number of carbonyl (C=O) groups is 2. The van der Waals surface area contributed by atoms with Gasteiger partial charge in [0, 0.05) is 13.0 Å². The molecule has 0 radical (unpaired) electrons. The van der Waals surface area contributed by atoms with E-state index >= 15 is 0 Å². The largest absolute Gasteiger partial charge is 0.281 e. The van der Waals surface area contributed by atoms with Crippen LogP contribution >= 0.6 is 0 Å². The molecule has 5 heteroatoms. The van der Waals surface area contributed by atoms with E-state index in [1.807, 2.05) is 18.2 Å². The highest BCUT2D eigenvalue weighted by atomic mass is 16.2. The Morgan fingerprint density at radius 3 is 2.26 bits per heavy atom. The Kier molecular flexibility index (Phi) is 3.97. The number of likely N-dealkylation sites (tertiary alicyclic amines) is 1.